The summed E-state index contributed by atoms with van der Waals surface area (Å²) in [4.78, 5) is 37.8. The number of rotatable bonds is 2. The fraction of sp³-hybridized carbons (Fsp3) is 0.800. The van der Waals surface area contributed by atoms with E-state index < -0.39 is 11.6 Å². The first-order valence-electron chi connectivity index (χ1n) is 7.61. The zero-order valence-electron chi connectivity index (χ0n) is 13.3. The van der Waals surface area contributed by atoms with E-state index in [2.05, 4.69) is 10.6 Å². The first kappa shape index (κ1) is 15.8. The molecular weight excluding hydrogens is 270 g/mol. The highest BCUT2D eigenvalue weighted by Crippen LogP contribution is 2.38. The van der Waals surface area contributed by atoms with E-state index >= 15 is 0 Å². The Kier molecular flexibility index (Phi) is 4.00. The van der Waals surface area contributed by atoms with E-state index in [9.17, 15) is 14.4 Å². The van der Waals surface area contributed by atoms with Gasteiger partial charge < -0.3 is 10.6 Å². The number of carbonyl (C=O) groups is 3. The van der Waals surface area contributed by atoms with Gasteiger partial charge in [0.05, 0.1) is 0 Å². The van der Waals surface area contributed by atoms with E-state index in [1.54, 1.807) is 0 Å². The maximum absolute atomic E-state index is 12.7. The van der Waals surface area contributed by atoms with Crippen molar-refractivity contribution in [3.8, 4) is 0 Å². The Morgan fingerprint density at radius 3 is 2.62 bits per heavy atom. The molecule has 1 spiro atoms. The molecule has 1 saturated heterocycles. The predicted octanol–water partition coefficient (Wildman–Crippen LogP) is 1.40. The Balaban J connectivity index is 2.10. The molecule has 2 aliphatic rings. The summed E-state index contributed by atoms with van der Waals surface area (Å²) in [6, 6.07) is -0.446. The number of nitrogens with one attached hydrogen (secondary N) is 2. The van der Waals surface area contributed by atoms with Crippen molar-refractivity contribution in [2.75, 3.05) is 6.54 Å². The van der Waals surface area contributed by atoms with Gasteiger partial charge in [0.1, 0.15) is 12.1 Å². The Labute approximate surface area is 125 Å². The number of hydrogen-bond donors (Lipinski definition) is 2. The Morgan fingerprint density at radius 2 is 2.05 bits per heavy atom. The minimum atomic E-state index is -0.794. The molecule has 0 aromatic heterocycles. The molecule has 2 atom stereocenters. The monoisotopic (exact) mass is 295 g/mol. The van der Waals surface area contributed by atoms with Gasteiger partial charge in [0, 0.05) is 5.54 Å². The van der Waals surface area contributed by atoms with E-state index in [-0.39, 0.29) is 29.8 Å². The van der Waals surface area contributed by atoms with Crippen molar-refractivity contribution in [2.24, 2.45) is 5.92 Å². The first-order chi connectivity index (χ1) is 9.66. The average molecular weight is 295 g/mol. The number of imide groups is 1. The van der Waals surface area contributed by atoms with Crippen LogP contribution in [0.1, 0.15) is 53.4 Å². The highest BCUT2D eigenvalue weighted by atomic mass is 16.2. The summed E-state index contributed by atoms with van der Waals surface area (Å²) in [6.07, 6.45) is 3.60. The number of urea groups is 1. The second-order valence-corrected chi connectivity index (χ2v) is 7.24. The molecule has 1 aliphatic heterocycles. The molecule has 118 valence electrons. The number of carbonyl (C=O) groups excluding carboxylic acids is 3. The third-order valence-corrected chi connectivity index (χ3v) is 4.32. The van der Waals surface area contributed by atoms with Gasteiger partial charge in [0.2, 0.25) is 5.91 Å². The molecule has 1 saturated carbocycles. The second-order valence-electron chi connectivity index (χ2n) is 7.24. The largest absolute Gasteiger partial charge is 0.350 e. The standard InChI is InChI=1S/C15H25N3O3/c1-10-7-5-6-8-15(10)12(20)18(13(21)17-15)9-11(19)16-14(2,3)4/h10H,5-9H2,1-4H3,(H,16,19)(H,17,21)/t10-,15+/m0/s1. The lowest BCUT2D eigenvalue weighted by atomic mass is 9.73. The van der Waals surface area contributed by atoms with Crippen molar-refractivity contribution in [1.29, 1.82) is 0 Å². The molecule has 6 nitrogen and oxygen atoms in total. The highest BCUT2D eigenvalue weighted by Gasteiger charge is 2.55. The van der Waals surface area contributed by atoms with E-state index in [1.807, 2.05) is 27.7 Å². The van der Waals surface area contributed by atoms with Gasteiger partial charge in [-0.25, -0.2) is 4.79 Å². The third-order valence-electron chi connectivity index (χ3n) is 4.32. The lowest BCUT2D eigenvalue weighted by Gasteiger charge is -2.36. The number of amides is 4. The molecule has 21 heavy (non-hydrogen) atoms. The number of nitrogens with zero attached hydrogens (tertiary/aromatic N) is 1. The van der Waals surface area contributed by atoms with Crippen LogP contribution in [-0.4, -0.2) is 40.4 Å². The van der Waals surface area contributed by atoms with Crippen LogP contribution in [0.5, 0.6) is 0 Å². The fourth-order valence-electron chi connectivity index (χ4n) is 3.24. The topological polar surface area (TPSA) is 78.5 Å². The van der Waals surface area contributed by atoms with Crippen molar-refractivity contribution < 1.29 is 14.4 Å². The van der Waals surface area contributed by atoms with Gasteiger partial charge in [-0.2, -0.15) is 0 Å². The molecule has 0 unspecified atom stereocenters. The molecule has 0 bridgehead atoms. The smallest absolute Gasteiger partial charge is 0.325 e. The summed E-state index contributed by atoms with van der Waals surface area (Å²) >= 11 is 0. The minimum absolute atomic E-state index is 0.110. The van der Waals surface area contributed by atoms with E-state index in [0.29, 0.717) is 6.42 Å². The molecule has 1 heterocycles. The van der Waals surface area contributed by atoms with Crippen LogP contribution in [0.25, 0.3) is 0 Å². The summed E-state index contributed by atoms with van der Waals surface area (Å²) in [7, 11) is 0. The lowest BCUT2D eigenvalue weighted by molar-refractivity contribution is -0.137. The first-order valence-corrected chi connectivity index (χ1v) is 7.61. The van der Waals surface area contributed by atoms with Crippen molar-refractivity contribution in [2.45, 2.75) is 64.5 Å². The highest BCUT2D eigenvalue weighted by molar-refractivity contribution is 6.09. The van der Waals surface area contributed by atoms with Crippen LogP contribution in [0.4, 0.5) is 4.79 Å². The van der Waals surface area contributed by atoms with Crippen LogP contribution < -0.4 is 10.6 Å². The van der Waals surface area contributed by atoms with Gasteiger partial charge in [-0.3, -0.25) is 14.5 Å². The summed E-state index contributed by atoms with van der Waals surface area (Å²) in [6.45, 7) is 7.37. The second kappa shape index (κ2) is 5.31. The molecule has 0 aromatic rings. The van der Waals surface area contributed by atoms with E-state index in [1.165, 1.54) is 0 Å². The normalized spacial score (nSPS) is 29.7. The van der Waals surface area contributed by atoms with Crippen LogP contribution in [0.2, 0.25) is 0 Å². The van der Waals surface area contributed by atoms with Crippen LogP contribution in [-0.2, 0) is 9.59 Å². The maximum atomic E-state index is 12.7. The van der Waals surface area contributed by atoms with Crippen molar-refractivity contribution in [3.63, 3.8) is 0 Å². The summed E-state index contributed by atoms with van der Waals surface area (Å²) < 4.78 is 0. The zero-order valence-corrected chi connectivity index (χ0v) is 13.3. The van der Waals surface area contributed by atoms with Gasteiger partial charge >= 0.3 is 6.03 Å². The average Bonchev–Trinajstić information content (AvgIpc) is 2.56. The summed E-state index contributed by atoms with van der Waals surface area (Å²) in [5.74, 6) is -0.450. The SMILES string of the molecule is C[C@H]1CCCC[C@@]12NC(=O)N(CC(=O)NC(C)(C)C)C2=O. The van der Waals surface area contributed by atoms with Crippen molar-refractivity contribution >= 4 is 17.8 Å². The van der Waals surface area contributed by atoms with Gasteiger partial charge in [-0.15, -0.1) is 0 Å². The molecule has 0 radical (unpaired) electrons. The predicted molar refractivity (Wildman–Crippen MR) is 78.5 cm³/mol. The Morgan fingerprint density at radius 1 is 1.38 bits per heavy atom. The van der Waals surface area contributed by atoms with Crippen LogP contribution in [0.3, 0.4) is 0 Å². The molecule has 1 aliphatic carbocycles. The lowest BCUT2D eigenvalue weighted by Crippen LogP contribution is -2.54. The quantitative estimate of drug-likeness (QED) is 0.756. The third kappa shape index (κ3) is 3.04. The van der Waals surface area contributed by atoms with Gasteiger partial charge in [0.15, 0.2) is 0 Å². The van der Waals surface area contributed by atoms with Gasteiger partial charge in [-0.1, -0.05) is 19.8 Å². The summed E-state index contributed by atoms with van der Waals surface area (Å²) in [5, 5.41) is 5.62. The maximum Gasteiger partial charge on any atom is 0.325 e. The molecule has 4 amide bonds. The van der Waals surface area contributed by atoms with Crippen LogP contribution in [0.15, 0.2) is 0 Å². The fourth-order valence-corrected chi connectivity index (χ4v) is 3.24. The van der Waals surface area contributed by atoms with Gasteiger partial charge in [-0.05, 0) is 39.5 Å². The molecule has 6 heteroatoms. The molecule has 2 N–H and O–H groups in total. The number of hydrogen-bond acceptors (Lipinski definition) is 3. The van der Waals surface area contributed by atoms with E-state index in [0.717, 1.165) is 24.2 Å². The Hall–Kier alpha value is -1.59. The molecule has 2 fully saturated rings. The summed E-state index contributed by atoms with van der Waals surface area (Å²) in [5.41, 5.74) is -1.18. The van der Waals surface area contributed by atoms with Crippen LogP contribution >= 0.6 is 0 Å². The van der Waals surface area contributed by atoms with E-state index in [4.69, 9.17) is 0 Å². The Bertz CT molecular complexity index is 469. The van der Waals surface area contributed by atoms with Crippen molar-refractivity contribution in [3.05, 3.63) is 0 Å². The minimum Gasteiger partial charge on any atom is -0.350 e. The zero-order chi connectivity index (χ0) is 15.8. The van der Waals surface area contributed by atoms with Gasteiger partial charge in [0.25, 0.3) is 5.91 Å². The molecular formula is C15H25N3O3. The van der Waals surface area contributed by atoms with Crippen molar-refractivity contribution in [1.82, 2.24) is 15.5 Å². The molecule has 0 aromatic carbocycles. The molecule has 2 rings (SSSR count). The van der Waals surface area contributed by atoms with Crippen LogP contribution in [0, 0.1) is 5.92 Å².